The first-order valence-electron chi connectivity index (χ1n) is 5.98. The van der Waals surface area contributed by atoms with Crippen LogP contribution in [0.15, 0.2) is 0 Å². The van der Waals surface area contributed by atoms with Crippen LogP contribution in [0.2, 0.25) is 0 Å². The van der Waals surface area contributed by atoms with E-state index in [2.05, 4.69) is 5.32 Å². The first-order valence-corrected chi connectivity index (χ1v) is 7.14. The summed E-state index contributed by atoms with van der Waals surface area (Å²) in [5.74, 6) is 1.07. The van der Waals surface area contributed by atoms with Gasteiger partial charge in [0.1, 0.15) is 5.60 Å². The molecule has 104 valence electrons. The Morgan fingerprint density at radius 3 is 2.56 bits per heavy atom. The van der Waals surface area contributed by atoms with Crippen LogP contribution < -0.4 is 5.32 Å². The Kier molecular flexibility index (Phi) is 5.31. The molecule has 0 radical (unpaired) electrons. The molecule has 0 aromatic rings. The molecule has 0 aliphatic carbocycles. The maximum absolute atomic E-state index is 11.7. The molecule has 1 N–H and O–H groups in total. The molecule has 0 aromatic heterocycles. The number of nitrogens with one attached hydrogen (secondary N) is 1. The van der Waals surface area contributed by atoms with Gasteiger partial charge in [0, 0.05) is 5.75 Å². The molecule has 0 spiro atoms. The maximum atomic E-state index is 11.7. The lowest BCUT2D eigenvalue weighted by Gasteiger charge is -2.30. The second-order valence-electron chi connectivity index (χ2n) is 5.25. The zero-order chi connectivity index (χ0) is 13.8. The smallest absolute Gasteiger partial charge is 0.407 e. The average molecular weight is 275 g/mol. The SMILES string of the molecule is COC(=O)[C@H]1CCSC[C@H]1NC(=O)OC(C)(C)C. The van der Waals surface area contributed by atoms with Gasteiger partial charge in [-0.2, -0.15) is 11.8 Å². The minimum atomic E-state index is -0.535. The van der Waals surface area contributed by atoms with Crippen molar-refractivity contribution in [2.75, 3.05) is 18.6 Å². The minimum absolute atomic E-state index is 0.217. The normalized spacial score (nSPS) is 24.2. The van der Waals surface area contributed by atoms with Crippen LogP contribution >= 0.6 is 11.8 Å². The third kappa shape index (κ3) is 4.76. The van der Waals surface area contributed by atoms with E-state index in [-0.39, 0.29) is 17.9 Å². The fourth-order valence-electron chi connectivity index (χ4n) is 1.77. The second kappa shape index (κ2) is 6.31. The Hall–Kier alpha value is -0.910. The fraction of sp³-hybridized carbons (Fsp3) is 0.833. The molecule has 2 atom stereocenters. The van der Waals surface area contributed by atoms with Crippen molar-refractivity contribution < 1.29 is 19.1 Å². The lowest BCUT2D eigenvalue weighted by Crippen LogP contribution is -2.48. The zero-order valence-corrected chi connectivity index (χ0v) is 12.1. The summed E-state index contributed by atoms with van der Waals surface area (Å²) >= 11 is 1.72. The van der Waals surface area contributed by atoms with Crippen molar-refractivity contribution in [1.82, 2.24) is 5.32 Å². The van der Waals surface area contributed by atoms with E-state index in [0.717, 1.165) is 12.2 Å². The summed E-state index contributed by atoms with van der Waals surface area (Å²) in [6.45, 7) is 5.42. The van der Waals surface area contributed by atoms with E-state index < -0.39 is 11.7 Å². The van der Waals surface area contributed by atoms with Crippen LogP contribution in [-0.4, -0.2) is 42.3 Å². The van der Waals surface area contributed by atoms with Gasteiger partial charge in [-0.3, -0.25) is 4.79 Å². The van der Waals surface area contributed by atoms with Crippen molar-refractivity contribution >= 4 is 23.8 Å². The highest BCUT2D eigenvalue weighted by Gasteiger charge is 2.34. The Labute approximate surface area is 112 Å². The third-order valence-corrected chi connectivity index (χ3v) is 3.68. The highest BCUT2D eigenvalue weighted by atomic mass is 32.2. The molecule has 6 heteroatoms. The fourth-order valence-corrected chi connectivity index (χ4v) is 2.93. The third-order valence-electron chi connectivity index (χ3n) is 2.56. The predicted octanol–water partition coefficient (Wildman–Crippen LogP) is 1.81. The van der Waals surface area contributed by atoms with Gasteiger partial charge in [0.15, 0.2) is 0 Å². The highest BCUT2D eigenvalue weighted by molar-refractivity contribution is 7.99. The second-order valence-corrected chi connectivity index (χ2v) is 6.40. The molecule has 0 aromatic carbocycles. The van der Waals surface area contributed by atoms with Gasteiger partial charge in [-0.1, -0.05) is 0 Å². The molecule has 1 amide bonds. The Morgan fingerprint density at radius 1 is 1.33 bits per heavy atom. The van der Waals surface area contributed by atoms with Gasteiger partial charge in [-0.05, 0) is 32.9 Å². The van der Waals surface area contributed by atoms with Crippen molar-refractivity contribution in [2.24, 2.45) is 5.92 Å². The standard InChI is InChI=1S/C12H21NO4S/c1-12(2,3)17-11(15)13-9-7-18-6-5-8(9)10(14)16-4/h8-9H,5-7H2,1-4H3,(H,13,15)/t8-,9+/m0/s1. The Bertz CT molecular complexity index is 314. The summed E-state index contributed by atoms with van der Waals surface area (Å²) in [6, 6.07) is -0.217. The van der Waals surface area contributed by atoms with Crippen molar-refractivity contribution in [1.29, 1.82) is 0 Å². The quantitative estimate of drug-likeness (QED) is 0.779. The van der Waals surface area contributed by atoms with Gasteiger partial charge in [-0.25, -0.2) is 4.79 Å². The number of hydrogen-bond acceptors (Lipinski definition) is 5. The minimum Gasteiger partial charge on any atom is -0.469 e. The average Bonchev–Trinajstić information content (AvgIpc) is 2.26. The number of carbonyl (C=O) groups is 2. The number of esters is 1. The number of ether oxygens (including phenoxy) is 2. The monoisotopic (exact) mass is 275 g/mol. The van der Waals surface area contributed by atoms with Gasteiger partial charge >= 0.3 is 12.1 Å². The number of carbonyl (C=O) groups excluding carboxylic acids is 2. The number of amides is 1. The van der Waals surface area contributed by atoms with Gasteiger partial charge in [0.05, 0.1) is 19.1 Å². The summed E-state index contributed by atoms with van der Waals surface area (Å²) in [5, 5.41) is 2.76. The van der Waals surface area contributed by atoms with E-state index >= 15 is 0 Å². The lowest BCUT2D eigenvalue weighted by molar-refractivity contribution is -0.146. The number of rotatable bonds is 2. The maximum Gasteiger partial charge on any atom is 0.407 e. The summed E-state index contributed by atoms with van der Waals surface area (Å²) in [5.41, 5.74) is -0.535. The van der Waals surface area contributed by atoms with Crippen molar-refractivity contribution in [3.8, 4) is 0 Å². The summed E-state index contributed by atoms with van der Waals surface area (Å²) < 4.78 is 9.95. The van der Waals surface area contributed by atoms with E-state index in [1.165, 1.54) is 7.11 Å². The van der Waals surface area contributed by atoms with Crippen LogP contribution in [0.3, 0.4) is 0 Å². The first-order chi connectivity index (χ1) is 8.33. The summed E-state index contributed by atoms with van der Waals surface area (Å²) in [6.07, 6.45) is 0.238. The molecule has 1 aliphatic heterocycles. The largest absolute Gasteiger partial charge is 0.469 e. The molecule has 18 heavy (non-hydrogen) atoms. The van der Waals surface area contributed by atoms with Gasteiger partial charge in [0.25, 0.3) is 0 Å². The van der Waals surface area contributed by atoms with E-state index in [9.17, 15) is 9.59 Å². The van der Waals surface area contributed by atoms with Crippen LogP contribution in [0, 0.1) is 5.92 Å². The van der Waals surface area contributed by atoms with Crippen LogP contribution in [0.5, 0.6) is 0 Å². The summed E-state index contributed by atoms with van der Waals surface area (Å²) in [4.78, 5) is 23.3. The first kappa shape index (κ1) is 15.1. The topological polar surface area (TPSA) is 64.6 Å². The Balaban J connectivity index is 2.57. The molecule has 5 nitrogen and oxygen atoms in total. The van der Waals surface area contributed by atoms with Crippen LogP contribution in [-0.2, 0) is 14.3 Å². The van der Waals surface area contributed by atoms with E-state index in [1.807, 2.05) is 0 Å². The Morgan fingerprint density at radius 2 is 2.00 bits per heavy atom. The molecule has 1 rings (SSSR count). The van der Waals surface area contributed by atoms with Crippen molar-refractivity contribution in [3.05, 3.63) is 0 Å². The molecule has 1 fully saturated rings. The number of methoxy groups -OCH3 is 1. The van der Waals surface area contributed by atoms with E-state index in [4.69, 9.17) is 9.47 Å². The van der Waals surface area contributed by atoms with Gasteiger partial charge in [-0.15, -0.1) is 0 Å². The molecule has 1 saturated heterocycles. The molecular weight excluding hydrogens is 254 g/mol. The van der Waals surface area contributed by atoms with Gasteiger partial charge in [0.2, 0.25) is 0 Å². The molecule has 0 saturated carbocycles. The van der Waals surface area contributed by atoms with E-state index in [1.54, 1.807) is 32.5 Å². The highest BCUT2D eigenvalue weighted by Crippen LogP contribution is 2.24. The molecule has 0 bridgehead atoms. The lowest BCUT2D eigenvalue weighted by atomic mass is 9.98. The molecule has 1 aliphatic rings. The number of alkyl carbamates (subject to hydrolysis) is 1. The molecular formula is C12H21NO4S. The van der Waals surface area contributed by atoms with Gasteiger partial charge < -0.3 is 14.8 Å². The van der Waals surface area contributed by atoms with E-state index in [0.29, 0.717) is 5.75 Å². The number of hydrogen-bond donors (Lipinski definition) is 1. The predicted molar refractivity (Wildman–Crippen MR) is 70.6 cm³/mol. The van der Waals surface area contributed by atoms with Crippen LogP contribution in [0.1, 0.15) is 27.2 Å². The van der Waals surface area contributed by atoms with Crippen LogP contribution in [0.25, 0.3) is 0 Å². The van der Waals surface area contributed by atoms with Crippen molar-refractivity contribution in [2.45, 2.75) is 38.8 Å². The molecule has 0 unspecified atom stereocenters. The summed E-state index contributed by atoms with van der Waals surface area (Å²) in [7, 11) is 1.37. The van der Waals surface area contributed by atoms with Crippen LogP contribution in [0.4, 0.5) is 4.79 Å². The number of thioether (sulfide) groups is 1. The van der Waals surface area contributed by atoms with Crippen molar-refractivity contribution in [3.63, 3.8) is 0 Å². The zero-order valence-electron chi connectivity index (χ0n) is 11.3. The molecule has 1 heterocycles.